The van der Waals surface area contributed by atoms with Crippen LogP contribution in [0, 0.1) is 29.1 Å². The Bertz CT molecular complexity index is 782. The van der Waals surface area contributed by atoms with Gasteiger partial charge in [0, 0.05) is 37.7 Å². The number of carboxylic acids is 1. The highest BCUT2D eigenvalue weighted by Gasteiger charge is 2.56. The van der Waals surface area contributed by atoms with Crippen molar-refractivity contribution in [2.75, 3.05) is 29.4 Å². The Morgan fingerprint density at radius 2 is 2.15 bits per heavy atom. The number of carboxylic acid groups (broad SMARTS) is 1. The van der Waals surface area contributed by atoms with E-state index in [0.29, 0.717) is 43.1 Å². The van der Waals surface area contributed by atoms with E-state index in [0.717, 1.165) is 6.42 Å². The van der Waals surface area contributed by atoms with Gasteiger partial charge in [-0.05, 0) is 37.2 Å². The molecule has 4 atom stereocenters. The largest absolute Gasteiger partial charge is 0.481 e. The van der Waals surface area contributed by atoms with E-state index in [1.54, 1.807) is 0 Å². The van der Waals surface area contributed by atoms with E-state index in [-0.39, 0.29) is 29.5 Å². The van der Waals surface area contributed by atoms with Crippen molar-refractivity contribution in [1.29, 1.82) is 5.26 Å². The number of nitrogens with zero attached hydrogens (tertiary/aromatic N) is 4. The molecule has 6 nitrogen and oxygen atoms in total. The lowest BCUT2D eigenvalue weighted by molar-refractivity contribution is -0.137. The quantitative estimate of drug-likeness (QED) is 0.867. The summed E-state index contributed by atoms with van der Waals surface area (Å²) in [6.07, 6.45) is -1.62. The predicted octanol–water partition coefficient (Wildman–Crippen LogP) is 2.65. The first kappa shape index (κ1) is 17.0. The summed E-state index contributed by atoms with van der Waals surface area (Å²) in [6.45, 7) is 3.97. The summed E-state index contributed by atoms with van der Waals surface area (Å²) in [7, 11) is 0. The van der Waals surface area contributed by atoms with Crippen molar-refractivity contribution in [1.82, 2.24) is 4.98 Å². The molecule has 0 amide bonds. The van der Waals surface area contributed by atoms with E-state index in [9.17, 15) is 18.8 Å². The number of aromatic nitrogens is 1. The fraction of sp³-hybridized carbons (Fsp3) is 0.611. The topological polar surface area (TPSA) is 80.5 Å². The number of pyridine rings is 1. The van der Waals surface area contributed by atoms with Gasteiger partial charge in [0.25, 0.3) is 6.43 Å². The highest BCUT2D eigenvalue weighted by molar-refractivity contribution is 5.68. The maximum Gasteiger partial charge on any atom is 0.303 e. The number of anilines is 2. The molecule has 3 heterocycles. The molecule has 1 aromatic rings. The van der Waals surface area contributed by atoms with Crippen molar-refractivity contribution in [3.8, 4) is 6.07 Å². The van der Waals surface area contributed by atoms with E-state index < -0.39 is 12.4 Å². The van der Waals surface area contributed by atoms with Gasteiger partial charge in [-0.1, -0.05) is 0 Å². The predicted molar refractivity (Wildman–Crippen MR) is 90.3 cm³/mol. The monoisotopic (exact) mass is 362 g/mol. The molecule has 3 fully saturated rings. The van der Waals surface area contributed by atoms with Crippen LogP contribution in [0.1, 0.15) is 37.3 Å². The van der Waals surface area contributed by atoms with Gasteiger partial charge >= 0.3 is 5.97 Å². The number of hydrogen-bond donors (Lipinski definition) is 1. The molecule has 1 unspecified atom stereocenters. The number of fused-ring (bicyclic) bond motifs is 1. The highest BCUT2D eigenvalue weighted by atomic mass is 19.3. The van der Waals surface area contributed by atoms with E-state index in [2.05, 4.69) is 4.98 Å². The maximum absolute atomic E-state index is 13.6. The molecule has 1 N–H and O–H groups in total. The third-order valence-corrected chi connectivity index (χ3v) is 6.06. The second-order valence-electron chi connectivity index (χ2n) is 7.51. The lowest BCUT2D eigenvalue weighted by atomic mass is 10.0. The van der Waals surface area contributed by atoms with Crippen LogP contribution in [0.5, 0.6) is 0 Å². The van der Waals surface area contributed by atoms with Crippen LogP contribution in [0.3, 0.4) is 0 Å². The van der Waals surface area contributed by atoms with Crippen LogP contribution < -0.4 is 9.80 Å². The van der Waals surface area contributed by atoms with Crippen LogP contribution in [0.2, 0.25) is 0 Å². The van der Waals surface area contributed by atoms with E-state index >= 15 is 0 Å². The van der Waals surface area contributed by atoms with Crippen LogP contribution in [0.4, 0.5) is 20.4 Å². The van der Waals surface area contributed by atoms with Gasteiger partial charge in [0.05, 0.1) is 0 Å². The number of hydrogen-bond acceptors (Lipinski definition) is 5. The van der Waals surface area contributed by atoms with E-state index in [4.69, 9.17) is 5.11 Å². The van der Waals surface area contributed by atoms with Gasteiger partial charge < -0.3 is 14.9 Å². The van der Waals surface area contributed by atoms with Gasteiger partial charge in [0.1, 0.15) is 23.3 Å². The Morgan fingerprint density at radius 3 is 2.62 bits per heavy atom. The summed E-state index contributed by atoms with van der Waals surface area (Å²) >= 11 is 0. The summed E-state index contributed by atoms with van der Waals surface area (Å²) in [5, 5.41) is 18.3. The summed E-state index contributed by atoms with van der Waals surface area (Å²) in [5.74, 6) is 0.805. The van der Waals surface area contributed by atoms with Gasteiger partial charge in [0.2, 0.25) is 0 Å². The molecule has 26 heavy (non-hydrogen) atoms. The Morgan fingerprint density at radius 1 is 1.46 bits per heavy atom. The summed E-state index contributed by atoms with van der Waals surface area (Å²) in [4.78, 5) is 19.3. The maximum atomic E-state index is 13.6. The molecule has 2 aliphatic heterocycles. The van der Waals surface area contributed by atoms with Gasteiger partial charge in [-0.2, -0.15) is 5.26 Å². The minimum Gasteiger partial charge on any atom is -0.481 e. The van der Waals surface area contributed by atoms with E-state index in [1.807, 2.05) is 22.8 Å². The minimum atomic E-state index is -2.74. The number of carbonyl (C=O) groups is 1. The second-order valence-corrected chi connectivity index (χ2v) is 7.51. The van der Waals surface area contributed by atoms with Crippen molar-refractivity contribution in [2.45, 2.75) is 32.2 Å². The Balaban J connectivity index is 1.62. The minimum absolute atomic E-state index is 0.0385. The third kappa shape index (κ3) is 2.66. The zero-order chi connectivity index (χ0) is 18.6. The molecule has 2 saturated heterocycles. The molecule has 138 valence electrons. The molecule has 1 aromatic heterocycles. The second kappa shape index (κ2) is 6.08. The molecular formula is C18H20F2N4O2. The van der Waals surface area contributed by atoms with Crippen LogP contribution in [-0.2, 0) is 4.79 Å². The molecule has 0 aromatic carbocycles. The van der Waals surface area contributed by atoms with Gasteiger partial charge in [-0.3, -0.25) is 4.79 Å². The summed E-state index contributed by atoms with van der Waals surface area (Å²) < 4.78 is 27.1. The smallest absolute Gasteiger partial charge is 0.303 e. The third-order valence-electron chi connectivity index (χ3n) is 6.06. The van der Waals surface area contributed by atoms with Crippen molar-refractivity contribution in [3.05, 3.63) is 17.2 Å². The molecule has 8 heteroatoms. The first-order chi connectivity index (χ1) is 12.4. The van der Waals surface area contributed by atoms with Gasteiger partial charge in [-0.25, -0.2) is 13.8 Å². The lowest BCUT2D eigenvalue weighted by Crippen LogP contribution is -2.47. The molecule has 4 rings (SSSR count). The molecule has 0 bridgehead atoms. The number of aliphatic carboxylic acids is 1. The normalized spacial score (nSPS) is 29.3. The van der Waals surface area contributed by atoms with Crippen molar-refractivity contribution in [3.63, 3.8) is 0 Å². The zero-order valence-electron chi connectivity index (χ0n) is 14.4. The molecule has 3 aliphatic rings. The fourth-order valence-corrected chi connectivity index (χ4v) is 4.37. The number of rotatable bonds is 5. The first-order valence-electron chi connectivity index (χ1n) is 8.87. The standard InChI is InChI=1S/C18H20F2N4O2/c1-9-2-3-24(9)18-12(6-21)11(17(19)20)4-15(22-18)23-7-13-10(5-16(25)26)14(13)8-23/h4,9-10,13-14,17H,2-3,5,7-8H2,1H3,(H,25,26)/t9-,10?,13-,14+/m0/s1. The van der Waals surface area contributed by atoms with Crippen LogP contribution in [0.25, 0.3) is 0 Å². The number of nitriles is 1. The van der Waals surface area contributed by atoms with Gasteiger partial charge in [0.15, 0.2) is 0 Å². The number of halogens is 2. The molecule has 1 aliphatic carbocycles. The van der Waals surface area contributed by atoms with Crippen LogP contribution in [0.15, 0.2) is 6.07 Å². The van der Waals surface area contributed by atoms with Crippen molar-refractivity contribution < 1.29 is 18.7 Å². The molecular weight excluding hydrogens is 342 g/mol. The highest BCUT2D eigenvalue weighted by Crippen LogP contribution is 2.54. The summed E-state index contributed by atoms with van der Waals surface area (Å²) in [5.41, 5.74) is -0.308. The average Bonchev–Trinajstić information content (AvgIpc) is 3.02. The molecule has 1 saturated carbocycles. The number of piperidine rings is 1. The lowest BCUT2D eigenvalue weighted by Gasteiger charge is -2.40. The van der Waals surface area contributed by atoms with Crippen molar-refractivity contribution in [2.24, 2.45) is 17.8 Å². The molecule has 0 radical (unpaired) electrons. The van der Waals surface area contributed by atoms with Crippen molar-refractivity contribution >= 4 is 17.6 Å². The Hall–Kier alpha value is -2.43. The SMILES string of the molecule is C[C@H]1CCN1c1nc(N2C[C@@H]3C(CC(=O)O)[C@@H]3C2)cc(C(F)F)c1C#N. The van der Waals surface area contributed by atoms with E-state index in [1.165, 1.54) is 6.07 Å². The summed E-state index contributed by atoms with van der Waals surface area (Å²) in [6, 6.07) is 3.42. The zero-order valence-corrected chi connectivity index (χ0v) is 14.4. The van der Waals surface area contributed by atoms with Crippen LogP contribution in [-0.4, -0.2) is 41.7 Å². The first-order valence-corrected chi connectivity index (χ1v) is 8.87. The Kier molecular flexibility index (Phi) is 3.98. The number of alkyl halides is 2. The van der Waals surface area contributed by atoms with Gasteiger partial charge in [-0.15, -0.1) is 0 Å². The van der Waals surface area contributed by atoms with Crippen LogP contribution >= 0.6 is 0 Å². The average molecular weight is 362 g/mol. The Labute approximate surface area is 150 Å². The fourth-order valence-electron chi connectivity index (χ4n) is 4.37. The molecule has 0 spiro atoms.